The van der Waals surface area contributed by atoms with Gasteiger partial charge in [0.25, 0.3) is 0 Å². The van der Waals surface area contributed by atoms with Crippen molar-refractivity contribution < 1.29 is 9.59 Å². The Morgan fingerprint density at radius 1 is 0.733 bits per heavy atom. The lowest BCUT2D eigenvalue weighted by Crippen LogP contribution is -2.13. The second kappa shape index (κ2) is 10.5. The molecule has 2 aromatic carbocycles. The number of aliphatic imine (C=N–C) groups is 2. The minimum absolute atomic E-state index is 0.505. The van der Waals surface area contributed by atoms with Gasteiger partial charge in [0.15, 0.2) is 0 Å². The lowest BCUT2D eigenvalue weighted by Gasteiger charge is -2.18. The number of rotatable bonds is 6. The summed E-state index contributed by atoms with van der Waals surface area (Å²) in [7, 11) is 0. The fraction of sp³-hybridized carbons (Fsp3) is 0.308. The highest BCUT2D eigenvalue weighted by Crippen LogP contribution is 2.27. The number of carbonyl (C=O) groups excluding carboxylic acids is 2. The van der Waals surface area contributed by atoms with Gasteiger partial charge < -0.3 is 0 Å². The second-order valence-electron chi connectivity index (χ2n) is 8.24. The molecule has 0 amide bonds. The van der Waals surface area contributed by atoms with Gasteiger partial charge in [-0.1, -0.05) is 66.8 Å². The largest absolute Gasteiger partial charge is 0.235 e. The lowest BCUT2D eigenvalue weighted by atomic mass is 9.92. The van der Waals surface area contributed by atoms with Crippen molar-refractivity contribution in [1.29, 1.82) is 0 Å². The highest BCUT2D eigenvalue weighted by Gasteiger charge is 2.19. The molecule has 0 N–H and O–H groups in total. The van der Waals surface area contributed by atoms with Crippen LogP contribution in [0.3, 0.4) is 0 Å². The molecule has 0 aliphatic carbocycles. The average molecular weight is 403 g/mol. The highest BCUT2D eigenvalue weighted by atomic mass is 16.1. The zero-order valence-electron chi connectivity index (χ0n) is 18.7. The fourth-order valence-electron chi connectivity index (χ4n) is 2.69. The molecule has 0 atom stereocenters. The minimum atomic E-state index is -0.521. The summed E-state index contributed by atoms with van der Waals surface area (Å²) >= 11 is 0. The van der Waals surface area contributed by atoms with Gasteiger partial charge in [0, 0.05) is 0 Å². The van der Waals surface area contributed by atoms with E-state index in [1.165, 1.54) is 0 Å². The molecule has 4 nitrogen and oxygen atoms in total. The number of isocyanates is 2. The number of benzene rings is 2. The number of hydrogen-bond acceptors (Lipinski definition) is 4. The van der Waals surface area contributed by atoms with Gasteiger partial charge in [0.05, 0.1) is 11.1 Å². The molecule has 0 fully saturated rings. The summed E-state index contributed by atoms with van der Waals surface area (Å²) in [6, 6.07) is 15.8. The van der Waals surface area contributed by atoms with Gasteiger partial charge in [-0.25, -0.2) is 9.59 Å². The van der Waals surface area contributed by atoms with E-state index in [-0.39, 0.29) is 0 Å². The van der Waals surface area contributed by atoms with Crippen LogP contribution in [0.25, 0.3) is 11.1 Å². The van der Waals surface area contributed by atoms with Crippen LogP contribution < -0.4 is 0 Å². The van der Waals surface area contributed by atoms with Gasteiger partial charge >= 0.3 is 0 Å². The first-order valence-corrected chi connectivity index (χ1v) is 9.65. The molecule has 30 heavy (non-hydrogen) atoms. The summed E-state index contributed by atoms with van der Waals surface area (Å²) in [6.45, 7) is 19.2. The molecule has 0 saturated heterocycles. The topological polar surface area (TPSA) is 58.9 Å². The van der Waals surface area contributed by atoms with Gasteiger partial charge in [0.1, 0.15) is 0 Å². The molecule has 0 radical (unpaired) electrons. The summed E-state index contributed by atoms with van der Waals surface area (Å²) in [5.41, 5.74) is 5.16. The van der Waals surface area contributed by atoms with E-state index in [1.807, 2.05) is 90.1 Å². The van der Waals surface area contributed by atoms with Crippen molar-refractivity contribution in [2.75, 3.05) is 0 Å². The third kappa shape index (κ3) is 6.93. The molecule has 2 rings (SSSR count). The summed E-state index contributed by atoms with van der Waals surface area (Å²) in [5, 5.41) is 0. The fourth-order valence-corrected chi connectivity index (χ4v) is 2.69. The Kier molecular flexibility index (Phi) is 8.61. The molecule has 2 aromatic rings. The predicted molar refractivity (Wildman–Crippen MR) is 125 cm³/mol. The summed E-state index contributed by atoms with van der Waals surface area (Å²) in [4.78, 5) is 28.1. The SMILES string of the molecule is C=C(C)c1ccc(C(C)(C)N=C=O)cc1.C=C(C)c1cccc(C(C)(C)N=C=O)c1. The molecule has 0 bridgehead atoms. The van der Waals surface area contributed by atoms with Crippen LogP contribution in [0.2, 0.25) is 0 Å². The third-order valence-electron chi connectivity index (χ3n) is 4.80. The minimum Gasteiger partial charge on any atom is -0.211 e. The molecule has 0 aliphatic heterocycles. The highest BCUT2D eigenvalue weighted by molar-refractivity contribution is 5.62. The maximum Gasteiger partial charge on any atom is 0.235 e. The molecule has 0 saturated carbocycles. The maximum atomic E-state index is 10.3. The van der Waals surface area contributed by atoms with E-state index < -0.39 is 11.1 Å². The third-order valence-corrected chi connectivity index (χ3v) is 4.80. The van der Waals surface area contributed by atoms with E-state index in [9.17, 15) is 9.59 Å². The molecule has 0 spiro atoms. The Morgan fingerprint density at radius 2 is 1.20 bits per heavy atom. The van der Waals surface area contributed by atoms with E-state index in [1.54, 1.807) is 12.2 Å². The molecule has 156 valence electrons. The van der Waals surface area contributed by atoms with Crippen LogP contribution in [-0.4, -0.2) is 12.2 Å². The standard InChI is InChI=1S/2C13H15NO/c1-10(2)11-5-7-12(8-6-11)13(3,4)14-9-15;1-10(2)11-6-5-7-12(8-11)13(3,4)14-9-15/h2*5-8H,1H2,2-4H3. The Bertz CT molecular complexity index is 1000. The van der Waals surface area contributed by atoms with Crippen molar-refractivity contribution in [2.45, 2.75) is 52.6 Å². The van der Waals surface area contributed by atoms with Crippen LogP contribution >= 0.6 is 0 Å². The van der Waals surface area contributed by atoms with Crippen molar-refractivity contribution in [3.05, 3.63) is 83.9 Å². The number of allylic oxidation sites excluding steroid dienone is 2. The number of hydrogen-bond donors (Lipinski definition) is 0. The van der Waals surface area contributed by atoms with Crippen LogP contribution in [0.1, 0.15) is 63.8 Å². The Morgan fingerprint density at radius 3 is 1.63 bits per heavy atom. The monoisotopic (exact) mass is 402 g/mol. The van der Waals surface area contributed by atoms with Gasteiger partial charge in [-0.15, -0.1) is 0 Å². The van der Waals surface area contributed by atoms with E-state index in [0.717, 1.165) is 33.4 Å². The lowest BCUT2D eigenvalue weighted by molar-refractivity contribution is 0.522. The smallest absolute Gasteiger partial charge is 0.211 e. The van der Waals surface area contributed by atoms with Crippen LogP contribution in [0.4, 0.5) is 0 Å². The maximum absolute atomic E-state index is 10.3. The van der Waals surface area contributed by atoms with Gasteiger partial charge in [0.2, 0.25) is 12.2 Å². The summed E-state index contributed by atoms with van der Waals surface area (Å²) in [6.07, 6.45) is 3.21. The van der Waals surface area contributed by atoms with Gasteiger partial charge in [-0.05, 0) is 69.9 Å². The molecule has 0 heterocycles. The number of nitrogens with zero attached hydrogens (tertiary/aromatic N) is 2. The first kappa shape index (κ1) is 24.7. The van der Waals surface area contributed by atoms with E-state index in [4.69, 9.17) is 0 Å². The quantitative estimate of drug-likeness (QED) is 0.405. The van der Waals surface area contributed by atoms with E-state index in [0.29, 0.717) is 0 Å². The van der Waals surface area contributed by atoms with Crippen molar-refractivity contribution in [3.8, 4) is 0 Å². The van der Waals surface area contributed by atoms with Crippen LogP contribution in [0.15, 0.2) is 71.7 Å². The average Bonchev–Trinajstić information content (AvgIpc) is 2.68. The Labute approximate surface area is 179 Å². The normalized spacial score (nSPS) is 10.6. The van der Waals surface area contributed by atoms with Crippen LogP contribution in [0.5, 0.6) is 0 Å². The summed E-state index contributed by atoms with van der Waals surface area (Å²) < 4.78 is 0. The Balaban J connectivity index is 0.000000300. The van der Waals surface area contributed by atoms with Gasteiger partial charge in [-0.3, -0.25) is 0 Å². The van der Waals surface area contributed by atoms with E-state index in [2.05, 4.69) is 23.1 Å². The predicted octanol–water partition coefficient (Wildman–Crippen LogP) is 6.58. The first-order valence-electron chi connectivity index (χ1n) is 9.65. The molecule has 0 aliphatic rings. The van der Waals surface area contributed by atoms with Crippen molar-refractivity contribution in [2.24, 2.45) is 9.98 Å². The zero-order chi connectivity index (χ0) is 22.9. The molecule has 0 aromatic heterocycles. The molecular weight excluding hydrogens is 372 g/mol. The van der Waals surface area contributed by atoms with Crippen molar-refractivity contribution in [1.82, 2.24) is 0 Å². The van der Waals surface area contributed by atoms with Crippen molar-refractivity contribution >= 4 is 23.3 Å². The van der Waals surface area contributed by atoms with Crippen molar-refractivity contribution in [3.63, 3.8) is 0 Å². The van der Waals surface area contributed by atoms with Crippen LogP contribution in [-0.2, 0) is 20.7 Å². The second-order valence-corrected chi connectivity index (χ2v) is 8.24. The zero-order valence-corrected chi connectivity index (χ0v) is 18.7. The summed E-state index contributed by atoms with van der Waals surface area (Å²) in [5.74, 6) is 0. The molecule has 0 unspecified atom stereocenters. The van der Waals surface area contributed by atoms with Gasteiger partial charge in [-0.2, -0.15) is 9.98 Å². The van der Waals surface area contributed by atoms with Crippen LogP contribution in [0, 0.1) is 0 Å². The molecule has 4 heteroatoms. The Hall–Kier alpha value is -3.32. The molecular formula is C26H30N2O2. The first-order chi connectivity index (χ1) is 13.9. The van der Waals surface area contributed by atoms with E-state index >= 15 is 0 Å².